The fourth-order valence-corrected chi connectivity index (χ4v) is 8.08. The van der Waals surface area contributed by atoms with Gasteiger partial charge in [0.2, 0.25) is 0 Å². The Bertz CT molecular complexity index is 634. The first kappa shape index (κ1) is 15.6. The molecule has 2 heteroatoms. The molecule has 0 aromatic rings. The van der Waals surface area contributed by atoms with Gasteiger partial charge >= 0.3 is 0 Å². The van der Waals surface area contributed by atoms with Crippen LogP contribution in [-0.2, 0) is 0 Å². The van der Waals surface area contributed by atoms with Crippen LogP contribution in [0.4, 0.5) is 0 Å². The molecular weight excluding hydrogens is 292 g/mol. The fraction of sp³-hybridized carbons (Fsp3) is 0.818. The highest BCUT2D eigenvalue weighted by atomic mass is 15.4. The Morgan fingerprint density at radius 2 is 2.17 bits per heavy atom. The first-order valence-corrected chi connectivity index (χ1v) is 10.3. The van der Waals surface area contributed by atoms with Crippen molar-refractivity contribution >= 4 is 0 Å². The quantitative estimate of drug-likeness (QED) is 0.619. The third-order valence-electron chi connectivity index (χ3n) is 9.35. The second kappa shape index (κ2) is 4.76. The largest absolute Gasteiger partial charge is 0.318 e. The molecule has 1 saturated heterocycles. The van der Waals surface area contributed by atoms with Gasteiger partial charge in [-0.25, -0.2) is 0 Å². The van der Waals surface area contributed by atoms with Gasteiger partial charge in [-0.15, -0.1) is 0 Å². The molecule has 1 spiro atoms. The number of nitrogens with one attached hydrogen (secondary N) is 1. The zero-order valence-electron chi connectivity index (χ0n) is 16.0. The monoisotopic (exact) mass is 326 g/mol. The van der Waals surface area contributed by atoms with Crippen molar-refractivity contribution in [3.05, 3.63) is 23.3 Å². The van der Waals surface area contributed by atoms with Crippen LogP contribution in [0.15, 0.2) is 23.3 Å². The van der Waals surface area contributed by atoms with Crippen LogP contribution in [0.1, 0.15) is 59.3 Å². The molecule has 24 heavy (non-hydrogen) atoms. The fourth-order valence-electron chi connectivity index (χ4n) is 8.08. The summed E-state index contributed by atoms with van der Waals surface area (Å²) in [4.78, 5) is 2.81. The molecule has 4 aliphatic carbocycles. The van der Waals surface area contributed by atoms with Gasteiger partial charge in [0.25, 0.3) is 0 Å². The number of nitrogens with zero attached hydrogens (tertiary/aromatic N) is 1. The highest BCUT2D eigenvalue weighted by Gasteiger charge is 2.74. The summed E-state index contributed by atoms with van der Waals surface area (Å²) in [6.07, 6.45) is 13.6. The second-order valence-corrected chi connectivity index (χ2v) is 9.82. The first-order valence-electron chi connectivity index (χ1n) is 10.3. The molecule has 1 aliphatic heterocycles. The summed E-state index contributed by atoms with van der Waals surface area (Å²) in [5, 5.41) is 3.40. The van der Waals surface area contributed by atoms with Gasteiger partial charge in [0.15, 0.2) is 0 Å². The van der Waals surface area contributed by atoms with E-state index in [1.807, 2.05) is 5.57 Å². The van der Waals surface area contributed by atoms with Gasteiger partial charge in [-0.2, -0.15) is 0 Å². The third-order valence-corrected chi connectivity index (χ3v) is 9.35. The molecule has 132 valence electrons. The van der Waals surface area contributed by atoms with E-state index < -0.39 is 0 Å². The first-order chi connectivity index (χ1) is 11.5. The molecule has 1 unspecified atom stereocenters. The van der Waals surface area contributed by atoms with Gasteiger partial charge in [0.1, 0.15) is 0 Å². The van der Waals surface area contributed by atoms with Crippen LogP contribution < -0.4 is 5.32 Å². The number of likely N-dealkylation sites (N-methyl/N-ethyl adjacent to an activating group) is 1. The molecule has 1 N–H and O–H groups in total. The van der Waals surface area contributed by atoms with E-state index in [-0.39, 0.29) is 0 Å². The van der Waals surface area contributed by atoms with Gasteiger partial charge in [0.05, 0.1) is 0 Å². The van der Waals surface area contributed by atoms with Crippen molar-refractivity contribution in [3.63, 3.8) is 0 Å². The third kappa shape index (κ3) is 1.53. The minimum atomic E-state index is 0.483. The predicted octanol–water partition coefficient (Wildman–Crippen LogP) is 4.14. The van der Waals surface area contributed by atoms with Gasteiger partial charge in [-0.05, 0) is 69.2 Å². The van der Waals surface area contributed by atoms with E-state index in [1.54, 1.807) is 5.57 Å². The SMILES string of the molecule is CNC[C@H]1CN1[C@@H]1C=CC[C@@]2(C)[C@]13CC[C@@H](C)[C@@]21CCC(C)=C1C3. The summed E-state index contributed by atoms with van der Waals surface area (Å²) in [6, 6.07) is 1.46. The van der Waals surface area contributed by atoms with Crippen molar-refractivity contribution in [2.45, 2.75) is 71.4 Å². The summed E-state index contributed by atoms with van der Waals surface area (Å²) in [5.74, 6) is 0.875. The zero-order chi connectivity index (χ0) is 16.7. The summed E-state index contributed by atoms with van der Waals surface area (Å²) in [6.45, 7) is 10.2. The normalized spacial score (nSPS) is 54.8. The molecule has 2 bridgehead atoms. The van der Waals surface area contributed by atoms with Gasteiger partial charge in [0, 0.05) is 30.6 Å². The number of hydrogen-bond donors (Lipinski definition) is 1. The number of allylic oxidation sites excluding steroid dienone is 3. The van der Waals surface area contributed by atoms with E-state index in [2.05, 4.69) is 50.2 Å². The minimum Gasteiger partial charge on any atom is -0.318 e. The lowest BCUT2D eigenvalue weighted by Crippen LogP contribution is -2.59. The Hall–Kier alpha value is -0.600. The van der Waals surface area contributed by atoms with Crippen molar-refractivity contribution in [2.75, 3.05) is 20.1 Å². The lowest BCUT2D eigenvalue weighted by molar-refractivity contribution is -0.109. The smallest absolute Gasteiger partial charge is 0.0354 e. The number of rotatable bonds is 3. The van der Waals surface area contributed by atoms with E-state index in [4.69, 9.17) is 0 Å². The van der Waals surface area contributed by atoms with Crippen molar-refractivity contribution in [1.82, 2.24) is 10.2 Å². The molecule has 5 aliphatic rings. The average Bonchev–Trinajstić information content (AvgIpc) is 3.20. The number of hydrogen-bond acceptors (Lipinski definition) is 2. The molecule has 2 nitrogen and oxygen atoms in total. The Balaban J connectivity index is 1.62. The van der Waals surface area contributed by atoms with E-state index >= 15 is 0 Å². The summed E-state index contributed by atoms with van der Waals surface area (Å²) in [5.41, 5.74) is 5.18. The van der Waals surface area contributed by atoms with Crippen LogP contribution in [0.5, 0.6) is 0 Å². The maximum atomic E-state index is 3.40. The van der Waals surface area contributed by atoms with Gasteiger partial charge < -0.3 is 5.32 Å². The Labute approximate surface area is 147 Å². The standard InChI is InChI=1S/C22H34N2/c1-15-7-11-22-16(2)8-10-21(12-18(15)22)19(6-5-9-20(21,22)3)24-14-17(24)13-23-4/h5-6,16-17,19,23H,7-14H2,1-4H3/t16-,17+,19-,20+,21+,22-,24?/m1/s1. The maximum Gasteiger partial charge on any atom is 0.0354 e. The topological polar surface area (TPSA) is 15.0 Å². The van der Waals surface area contributed by atoms with Crippen LogP contribution in [0.3, 0.4) is 0 Å². The summed E-state index contributed by atoms with van der Waals surface area (Å²) in [7, 11) is 2.10. The highest BCUT2D eigenvalue weighted by molar-refractivity contribution is 5.44. The average molecular weight is 327 g/mol. The molecule has 0 radical (unpaired) electrons. The van der Waals surface area contributed by atoms with Crippen LogP contribution in [-0.4, -0.2) is 37.1 Å². The molecular formula is C22H34N2. The molecule has 2 saturated carbocycles. The molecule has 0 aromatic carbocycles. The van der Waals surface area contributed by atoms with Crippen LogP contribution in [0, 0.1) is 22.2 Å². The molecule has 0 aromatic heterocycles. The summed E-state index contributed by atoms with van der Waals surface area (Å²) < 4.78 is 0. The summed E-state index contributed by atoms with van der Waals surface area (Å²) >= 11 is 0. The van der Waals surface area contributed by atoms with E-state index in [0.717, 1.165) is 18.5 Å². The van der Waals surface area contributed by atoms with Crippen molar-refractivity contribution in [3.8, 4) is 0 Å². The molecule has 3 fully saturated rings. The lowest BCUT2D eigenvalue weighted by atomic mass is 9.43. The van der Waals surface area contributed by atoms with E-state index in [0.29, 0.717) is 22.3 Å². The van der Waals surface area contributed by atoms with Gasteiger partial charge in [-0.1, -0.05) is 37.1 Å². The highest BCUT2D eigenvalue weighted by Crippen LogP contribution is 2.80. The lowest BCUT2D eigenvalue weighted by Gasteiger charge is -2.62. The second-order valence-electron chi connectivity index (χ2n) is 9.82. The Morgan fingerprint density at radius 3 is 2.96 bits per heavy atom. The van der Waals surface area contributed by atoms with Gasteiger partial charge in [-0.3, -0.25) is 4.90 Å². The van der Waals surface area contributed by atoms with Crippen LogP contribution in [0.2, 0.25) is 0 Å². The maximum absolute atomic E-state index is 3.40. The zero-order valence-corrected chi connectivity index (χ0v) is 16.0. The molecule has 1 heterocycles. The van der Waals surface area contributed by atoms with E-state index in [9.17, 15) is 0 Å². The van der Waals surface area contributed by atoms with Crippen LogP contribution in [0.25, 0.3) is 0 Å². The van der Waals surface area contributed by atoms with Crippen molar-refractivity contribution in [2.24, 2.45) is 22.2 Å². The minimum absolute atomic E-state index is 0.483. The Kier molecular flexibility index (Phi) is 3.10. The predicted molar refractivity (Wildman–Crippen MR) is 99.9 cm³/mol. The van der Waals surface area contributed by atoms with Crippen molar-refractivity contribution in [1.29, 1.82) is 0 Å². The van der Waals surface area contributed by atoms with Crippen LogP contribution >= 0.6 is 0 Å². The molecule has 5 rings (SSSR count). The molecule has 7 atom stereocenters. The molecule has 0 amide bonds. The van der Waals surface area contributed by atoms with Crippen molar-refractivity contribution < 1.29 is 0 Å². The van der Waals surface area contributed by atoms with E-state index in [1.165, 1.54) is 45.1 Å². The Morgan fingerprint density at radius 1 is 1.33 bits per heavy atom.